The van der Waals surface area contributed by atoms with E-state index in [4.69, 9.17) is 0 Å². The zero-order valence-corrected chi connectivity index (χ0v) is 11.9. The quantitative estimate of drug-likeness (QED) is 0.802. The third-order valence-corrected chi connectivity index (χ3v) is 3.36. The Morgan fingerprint density at radius 3 is 2.56 bits per heavy atom. The highest BCUT2D eigenvalue weighted by molar-refractivity contribution is 5.20. The fourth-order valence-corrected chi connectivity index (χ4v) is 2.16. The van der Waals surface area contributed by atoms with E-state index in [1.165, 1.54) is 6.07 Å². The Morgan fingerprint density at radius 2 is 1.94 bits per heavy atom. The van der Waals surface area contributed by atoms with Crippen LogP contribution < -0.4 is 5.32 Å². The maximum Gasteiger partial charge on any atom is 0.127 e. The molecule has 0 aliphatic carbocycles. The van der Waals surface area contributed by atoms with Crippen molar-refractivity contribution in [2.45, 2.75) is 26.8 Å². The summed E-state index contributed by atoms with van der Waals surface area (Å²) in [5, 5.41) is 3.34. The van der Waals surface area contributed by atoms with Crippen LogP contribution in [0.4, 0.5) is 4.39 Å². The van der Waals surface area contributed by atoms with Crippen LogP contribution in [-0.4, -0.2) is 31.6 Å². The van der Waals surface area contributed by atoms with Crippen molar-refractivity contribution >= 4 is 0 Å². The van der Waals surface area contributed by atoms with Gasteiger partial charge in [-0.25, -0.2) is 4.39 Å². The van der Waals surface area contributed by atoms with Gasteiger partial charge in [0, 0.05) is 18.2 Å². The van der Waals surface area contributed by atoms with Crippen LogP contribution in [0.3, 0.4) is 0 Å². The first kappa shape index (κ1) is 15.1. The fraction of sp³-hybridized carbons (Fsp3) is 0.600. The molecule has 0 amide bonds. The summed E-state index contributed by atoms with van der Waals surface area (Å²) in [6.07, 6.45) is 0. The molecule has 2 unspecified atom stereocenters. The normalized spacial score (nSPS) is 14.8. The Hall–Kier alpha value is -0.930. The molecule has 1 N–H and O–H groups in total. The minimum Gasteiger partial charge on any atom is -0.317 e. The maximum absolute atomic E-state index is 13.7. The summed E-state index contributed by atoms with van der Waals surface area (Å²) in [6, 6.07) is 7.13. The monoisotopic (exact) mass is 252 g/mol. The van der Waals surface area contributed by atoms with Crippen LogP contribution in [0.25, 0.3) is 0 Å². The second kappa shape index (κ2) is 7.49. The van der Waals surface area contributed by atoms with Crippen molar-refractivity contribution in [3.8, 4) is 0 Å². The van der Waals surface area contributed by atoms with Gasteiger partial charge in [0.15, 0.2) is 0 Å². The molecule has 102 valence electrons. The maximum atomic E-state index is 13.7. The van der Waals surface area contributed by atoms with E-state index in [0.717, 1.165) is 25.2 Å². The number of halogens is 1. The third-order valence-electron chi connectivity index (χ3n) is 3.36. The van der Waals surface area contributed by atoms with Crippen molar-refractivity contribution in [3.63, 3.8) is 0 Å². The zero-order chi connectivity index (χ0) is 13.5. The summed E-state index contributed by atoms with van der Waals surface area (Å²) in [4.78, 5) is 2.21. The van der Waals surface area contributed by atoms with Gasteiger partial charge in [0.1, 0.15) is 5.82 Å². The molecule has 0 radical (unpaired) electrons. The van der Waals surface area contributed by atoms with Crippen molar-refractivity contribution in [1.29, 1.82) is 0 Å². The molecular weight excluding hydrogens is 227 g/mol. The Balaban J connectivity index is 2.56. The smallest absolute Gasteiger partial charge is 0.127 e. The summed E-state index contributed by atoms with van der Waals surface area (Å²) in [7, 11) is 2.06. The van der Waals surface area contributed by atoms with Gasteiger partial charge >= 0.3 is 0 Å². The lowest BCUT2D eigenvalue weighted by molar-refractivity contribution is 0.220. The average molecular weight is 252 g/mol. The zero-order valence-electron chi connectivity index (χ0n) is 11.9. The number of rotatable bonds is 7. The van der Waals surface area contributed by atoms with Gasteiger partial charge in [-0.1, -0.05) is 32.0 Å². The lowest BCUT2D eigenvalue weighted by Gasteiger charge is -2.28. The second-order valence-electron chi connectivity index (χ2n) is 5.05. The minimum absolute atomic E-state index is 0.107. The second-order valence-corrected chi connectivity index (χ2v) is 5.05. The van der Waals surface area contributed by atoms with E-state index >= 15 is 0 Å². The van der Waals surface area contributed by atoms with Gasteiger partial charge in [-0.15, -0.1) is 0 Å². The lowest BCUT2D eigenvalue weighted by Crippen LogP contribution is -2.32. The Kier molecular flexibility index (Phi) is 6.30. The van der Waals surface area contributed by atoms with Gasteiger partial charge in [-0.2, -0.15) is 0 Å². The van der Waals surface area contributed by atoms with Crippen molar-refractivity contribution in [3.05, 3.63) is 35.6 Å². The molecule has 0 bridgehead atoms. The minimum atomic E-state index is -0.115. The molecule has 2 nitrogen and oxygen atoms in total. The summed E-state index contributed by atoms with van der Waals surface area (Å²) in [6.45, 7) is 9.34. The highest BCUT2D eigenvalue weighted by Gasteiger charge is 2.16. The first-order valence-corrected chi connectivity index (χ1v) is 6.71. The molecule has 0 spiro atoms. The van der Waals surface area contributed by atoms with Gasteiger partial charge in [0.05, 0.1) is 0 Å². The van der Waals surface area contributed by atoms with Gasteiger partial charge in [0.25, 0.3) is 0 Å². The molecule has 0 fully saturated rings. The first-order valence-electron chi connectivity index (χ1n) is 6.71. The fourth-order valence-electron chi connectivity index (χ4n) is 2.16. The van der Waals surface area contributed by atoms with Crippen LogP contribution in [-0.2, 0) is 0 Å². The Morgan fingerprint density at radius 1 is 1.28 bits per heavy atom. The Labute approximate surface area is 110 Å². The van der Waals surface area contributed by atoms with Crippen LogP contribution in [0.2, 0.25) is 0 Å². The summed E-state index contributed by atoms with van der Waals surface area (Å²) in [5.74, 6) is 0.445. The van der Waals surface area contributed by atoms with Crippen molar-refractivity contribution in [2.75, 3.05) is 26.7 Å². The summed E-state index contributed by atoms with van der Waals surface area (Å²) >= 11 is 0. The standard InChI is InChI=1S/C15H25FN2/c1-5-17-10-12(2)11-18(4)13(3)14-8-6-7-9-15(14)16/h6-9,12-13,17H,5,10-11H2,1-4H3. The van der Waals surface area contributed by atoms with Crippen LogP contribution in [0.1, 0.15) is 32.4 Å². The number of benzene rings is 1. The van der Waals surface area contributed by atoms with Gasteiger partial charge in [-0.05, 0) is 39.0 Å². The van der Waals surface area contributed by atoms with Crippen molar-refractivity contribution in [2.24, 2.45) is 5.92 Å². The van der Waals surface area contributed by atoms with Crippen LogP contribution in [0.5, 0.6) is 0 Å². The van der Waals surface area contributed by atoms with Gasteiger partial charge in [-0.3, -0.25) is 4.90 Å². The van der Waals surface area contributed by atoms with Crippen molar-refractivity contribution in [1.82, 2.24) is 10.2 Å². The molecule has 3 heteroatoms. The predicted octanol–water partition coefficient (Wildman–Crippen LogP) is 3.06. The molecule has 1 aromatic carbocycles. The molecule has 1 rings (SSSR count). The van der Waals surface area contributed by atoms with Gasteiger partial charge in [0.2, 0.25) is 0 Å². The third kappa shape index (κ3) is 4.39. The molecule has 18 heavy (non-hydrogen) atoms. The van der Waals surface area contributed by atoms with E-state index in [1.807, 2.05) is 12.1 Å². The summed E-state index contributed by atoms with van der Waals surface area (Å²) < 4.78 is 13.7. The highest BCUT2D eigenvalue weighted by Crippen LogP contribution is 2.22. The predicted molar refractivity (Wildman–Crippen MR) is 75.2 cm³/mol. The lowest BCUT2D eigenvalue weighted by atomic mass is 10.0. The molecule has 0 aliphatic rings. The Bertz CT molecular complexity index is 354. The van der Waals surface area contributed by atoms with E-state index in [2.05, 4.69) is 38.0 Å². The molecule has 0 aliphatic heterocycles. The van der Waals surface area contributed by atoms with Gasteiger partial charge < -0.3 is 5.32 Å². The molecule has 0 aromatic heterocycles. The molecule has 0 saturated carbocycles. The molecule has 0 saturated heterocycles. The van der Waals surface area contributed by atoms with Crippen LogP contribution in [0, 0.1) is 11.7 Å². The topological polar surface area (TPSA) is 15.3 Å². The molecule has 1 aromatic rings. The largest absolute Gasteiger partial charge is 0.317 e. The highest BCUT2D eigenvalue weighted by atomic mass is 19.1. The van der Waals surface area contributed by atoms with E-state index < -0.39 is 0 Å². The van der Waals surface area contributed by atoms with E-state index in [0.29, 0.717) is 5.92 Å². The van der Waals surface area contributed by atoms with Crippen LogP contribution >= 0.6 is 0 Å². The number of nitrogens with one attached hydrogen (secondary N) is 1. The average Bonchev–Trinajstić information content (AvgIpc) is 2.36. The number of hydrogen-bond donors (Lipinski definition) is 1. The van der Waals surface area contributed by atoms with E-state index in [-0.39, 0.29) is 11.9 Å². The van der Waals surface area contributed by atoms with Crippen LogP contribution in [0.15, 0.2) is 24.3 Å². The van der Waals surface area contributed by atoms with E-state index in [1.54, 1.807) is 6.07 Å². The van der Waals surface area contributed by atoms with Crippen molar-refractivity contribution < 1.29 is 4.39 Å². The number of hydrogen-bond acceptors (Lipinski definition) is 2. The molecular formula is C15H25FN2. The SMILES string of the molecule is CCNCC(C)CN(C)C(C)c1ccccc1F. The molecule has 2 atom stereocenters. The summed E-state index contributed by atoms with van der Waals surface area (Å²) in [5.41, 5.74) is 0.774. The molecule has 0 heterocycles. The van der Waals surface area contributed by atoms with E-state index in [9.17, 15) is 4.39 Å². The number of nitrogens with zero attached hydrogens (tertiary/aromatic N) is 1. The first-order chi connectivity index (χ1) is 8.56.